The summed E-state index contributed by atoms with van der Waals surface area (Å²) >= 11 is 1.65. The normalized spacial score (nSPS) is 19.2. The maximum absolute atomic E-state index is 12.8. The highest BCUT2D eigenvalue weighted by Gasteiger charge is 2.42. The van der Waals surface area contributed by atoms with Crippen molar-refractivity contribution in [3.8, 4) is 0 Å². The quantitative estimate of drug-likeness (QED) is 0.112. The molecule has 5 aromatic rings. The fourth-order valence-corrected chi connectivity index (χ4v) is 6.68. The van der Waals surface area contributed by atoms with Gasteiger partial charge >= 0.3 is 0 Å². The van der Waals surface area contributed by atoms with E-state index in [-0.39, 0.29) is 42.8 Å². The van der Waals surface area contributed by atoms with Crippen LogP contribution < -0.4 is 5.32 Å². The van der Waals surface area contributed by atoms with Crippen LogP contribution >= 0.6 is 11.8 Å². The Labute approximate surface area is 279 Å². The number of aliphatic hydroxyl groups is 1. The molecule has 6 rings (SSSR count). The van der Waals surface area contributed by atoms with Gasteiger partial charge < -0.3 is 19.9 Å². The van der Waals surface area contributed by atoms with E-state index < -0.39 is 6.29 Å². The van der Waals surface area contributed by atoms with E-state index in [4.69, 9.17) is 9.47 Å². The second-order valence-corrected chi connectivity index (χ2v) is 12.5. The molecule has 0 saturated carbocycles. The van der Waals surface area contributed by atoms with Crippen molar-refractivity contribution in [1.82, 2.24) is 4.98 Å². The second-order valence-electron chi connectivity index (χ2n) is 11.5. The molecule has 4 atom stereocenters. The topological polar surface area (TPSA) is 97.8 Å². The number of ketones is 1. The molecular formula is C39H36N2O5S. The lowest BCUT2D eigenvalue weighted by Gasteiger charge is -2.43. The highest BCUT2D eigenvalue weighted by Crippen LogP contribution is 2.48. The minimum absolute atomic E-state index is 0.0296. The predicted molar refractivity (Wildman–Crippen MR) is 183 cm³/mol. The SMILES string of the molecule is CC(=O)c1cccc(NC(=O)Cc2ccc(C3O[C@H](CSc4ccccn4)[C@@H](c4ccccc4)[C@H](c4ccc(CO)cc4)O3)cc2)c1. The number of nitrogens with one attached hydrogen (secondary N) is 1. The number of pyridine rings is 1. The van der Waals surface area contributed by atoms with Gasteiger partial charge in [0.25, 0.3) is 0 Å². The van der Waals surface area contributed by atoms with Crippen LogP contribution in [0.1, 0.15) is 63.4 Å². The molecule has 1 aliphatic rings. The monoisotopic (exact) mass is 644 g/mol. The van der Waals surface area contributed by atoms with Crippen molar-refractivity contribution >= 4 is 29.1 Å². The van der Waals surface area contributed by atoms with Crippen LogP contribution in [0.15, 0.2) is 133 Å². The molecule has 0 bridgehead atoms. The van der Waals surface area contributed by atoms with Crippen LogP contribution in [-0.2, 0) is 27.3 Å². The Bertz CT molecular complexity index is 1780. The first kappa shape index (κ1) is 32.3. The van der Waals surface area contributed by atoms with Crippen molar-refractivity contribution in [1.29, 1.82) is 0 Å². The van der Waals surface area contributed by atoms with Gasteiger partial charge in [-0.2, -0.15) is 0 Å². The smallest absolute Gasteiger partial charge is 0.228 e. The zero-order valence-corrected chi connectivity index (χ0v) is 26.8. The van der Waals surface area contributed by atoms with Gasteiger partial charge in [-0.3, -0.25) is 9.59 Å². The molecule has 8 heteroatoms. The molecule has 47 heavy (non-hydrogen) atoms. The summed E-state index contributed by atoms with van der Waals surface area (Å²) in [6.45, 7) is 1.47. The molecule has 2 heterocycles. The Morgan fingerprint density at radius 1 is 0.787 bits per heavy atom. The van der Waals surface area contributed by atoms with Crippen molar-refractivity contribution in [2.75, 3.05) is 11.1 Å². The summed E-state index contributed by atoms with van der Waals surface area (Å²) in [5, 5.41) is 13.5. The van der Waals surface area contributed by atoms with Crippen LogP contribution in [0.4, 0.5) is 5.69 Å². The van der Waals surface area contributed by atoms with E-state index >= 15 is 0 Å². The number of Topliss-reactive ketones (excluding diaryl/α,β-unsaturated/α-hetero) is 1. The van der Waals surface area contributed by atoms with Crippen molar-refractivity contribution in [2.45, 2.75) is 49.4 Å². The van der Waals surface area contributed by atoms with E-state index in [0.717, 1.165) is 32.8 Å². The summed E-state index contributed by atoms with van der Waals surface area (Å²) in [4.78, 5) is 29.1. The van der Waals surface area contributed by atoms with Crippen molar-refractivity contribution in [3.05, 3.63) is 161 Å². The summed E-state index contributed by atoms with van der Waals surface area (Å²) in [6, 6.07) is 38.7. The van der Waals surface area contributed by atoms with Gasteiger partial charge in [0.05, 0.1) is 30.3 Å². The van der Waals surface area contributed by atoms with Crippen LogP contribution in [0, 0.1) is 0 Å². The zero-order chi connectivity index (χ0) is 32.6. The second kappa shape index (κ2) is 15.3. The summed E-state index contributed by atoms with van der Waals surface area (Å²) in [6.07, 6.45) is 0.776. The summed E-state index contributed by atoms with van der Waals surface area (Å²) in [5.74, 6) is 0.325. The lowest BCUT2D eigenvalue weighted by molar-refractivity contribution is -0.255. The number of rotatable bonds is 11. The average molecular weight is 645 g/mol. The third-order valence-electron chi connectivity index (χ3n) is 8.17. The minimum Gasteiger partial charge on any atom is -0.392 e. The van der Waals surface area contributed by atoms with Gasteiger partial charge in [0, 0.05) is 34.7 Å². The summed E-state index contributed by atoms with van der Waals surface area (Å²) in [5.41, 5.74) is 5.77. The lowest BCUT2D eigenvalue weighted by atomic mass is 9.84. The van der Waals surface area contributed by atoms with E-state index in [1.165, 1.54) is 6.92 Å². The Morgan fingerprint density at radius 2 is 1.51 bits per heavy atom. The van der Waals surface area contributed by atoms with Gasteiger partial charge in [-0.05, 0) is 53.4 Å². The molecule has 1 fully saturated rings. The first-order chi connectivity index (χ1) is 23.0. The number of ether oxygens (including phenoxy) is 2. The van der Waals surface area contributed by atoms with Gasteiger partial charge in [-0.25, -0.2) is 4.98 Å². The van der Waals surface area contributed by atoms with Gasteiger partial charge in [0.15, 0.2) is 12.1 Å². The highest BCUT2D eigenvalue weighted by molar-refractivity contribution is 7.99. The van der Waals surface area contributed by atoms with Crippen LogP contribution in [-0.4, -0.2) is 33.6 Å². The third-order valence-corrected chi connectivity index (χ3v) is 9.21. The number of thioether (sulfide) groups is 1. The molecule has 1 aromatic heterocycles. The maximum atomic E-state index is 12.8. The number of hydrogen-bond acceptors (Lipinski definition) is 7. The fraction of sp³-hybridized carbons (Fsp3) is 0.205. The number of amides is 1. The lowest BCUT2D eigenvalue weighted by Crippen LogP contribution is -2.38. The molecule has 238 valence electrons. The van der Waals surface area contributed by atoms with E-state index in [0.29, 0.717) is 17.0 Å². The molecule has 0 radical (unpaired) electrons. The highest BCUT2D eigenvalue weighted by atomic mass is 32.2. The number of anilines is 1. The van der Waals surface area contributed by atoms with Crippen LogP contribution in [0.25, 0.3) is 0 Å². The third kappa shape index (κ3) is 8.22. The molecule has 1 unspecified atom stereocenters. The first-order valence-corrected chi connectivity index (χ1v) is 16.5. The minimum atomic E-state index is -0.649. The molecule has 1 aliphatic heterocycles. The Kier molecular flexibility index (Phi) is 10.5. The number of hydrogen-bond donors (Lipinski definition) is 2. The van der Waals surface area contributed by atoms with E-state index in [9.17, 15) is 14.7 Å². The molecule has 2 N–H and O–H groups in total. The molecule has 1 amide bonds. The summed E-state index contributed by atoms with van der Waals surface area (Å²) in [7, 11) is 0. The van der Waals surface area contributed by atoms with Crippen LogP contribution in [0.2, 0.25) is 0 Å². The molecule has 0 spiro atoms. The number of aliphatic hydroxyl groups excluding tert-OH is 1. The van der Waals surface area contributed by atoms with Crippen LogP contribution in [0.3, 0.4) is 0 Å². The van der Waals surface area contributed by atoms with Crippen molar-refractivity contribution < 1.29 is 24.2 Å². The maximum Gasteiger partial charge on any atom is 0.228 e. The number of carbonyl (C=O) groups excluding carboxylic acids is 2. The molecule has 0 aliphatic carbocycles. The standard InChI is InChI=1S/C39H36N2O5S/c1-26(43)32-10-7-11-33(23-32)41-35(44)22-27-13-19-31(20-14-27)39-45-34(25-47-36-12-5-6-21-40-36)37(29-8-3-2-4-9-29)38(46-39)30-17-15-28(24-42)16-18-30/h2-21,23,34,37-39,42H,22,24-25H2,1H3,(H,41,44)/t34-,37-,38+,39?/m1/s1. The van der Waals surface area contributed by atoms with E-state index in [2.05, 4.69) is 22.4 Å². The average Bonchev–Trinajstić information content (AvgIpc) is 3.11. The van der Waals surface area contributed by atoms with Gasteiger partial charge in [0.1, 0.15) is 0 Å². The fourth-order valence-electron chi connectivity index (χ4n) is 5.75. The van der Waals surface area contributed by atoms with Crippen molar-refractivity contribution in [2.24, 2.45) is 0 Å². The molecule has 4 aromatic carbocycles. The number of aromatic nitrogens is 1. The Balaban J connectivity index is 1.25. The number of benzene rings is 4. The van der Waals surface area contributed by atoms with E-state index in [1.807, 2.05) is 84.9 Å². The largest absolute Gasteiger partial charge is 0.392 e. The van der Waals surface area contributed by atoms with Crippen LogP contribution in [0.5, 0.6) is 0 Å². The van der Waals surface area contributed by atoms with Crippen molar-refractivity contribution in [3.63, 3.8) is 0 Å². The first-order valence-electron chi connectivity index (χ1n) is 15.6. The number of nitrogens with zero attached hydrogens (tertiary/aromatic N) is 1. The molecular weight excluding hydrogens is 609 g/mol. The molecule has 7 nitrogen and oxygen atoms in total. The van der Waals surface area contributed by atoms with Gasteiger partial charge in [-0.1, -0.05) is 97.1 Å². The van der Waals surface area contributed by atoms with Gasteiger partial charge in [0.2, 0.25) is 5.91 Å². The molecule has 1 saturated heterocycles. The van der Waals surface area contributed by atoms with E-state index in [1.54, 1.807) is 42.2 Å². The Morgan fingerprint density at radius 3 is 2.21 bits per heavy atom. The Hall–Kier alpha value is -4.60. The van der Waals surface area contributed by atoms with Gasteiger partial charge in [-0.15, -0.1) is 11.8 Å². The zero-order valence-electron chi connectivity index (χ0n) is 26.0. The summed E-state index contributed by atoms with van der Waals surface area (Å²) < 4.78 is 13.6. The predicted octanol–water partition coefficient (Wildman–Crippen LogP) is 7.69. The number of carbonyl (C=O) groups is 2.